The van der Waals surface area contributed by atoms with E-state index in [1.54, 1.807) is 31.5 Å². The third kappa shape index (κ3) is 5.43. The number of carboxylic acids is 1. The minimum Gasteiger partial charge on any atom is -0.493 e. The highest BCUT2D eigenvalue weighted by Gasteiger charge is 2.09. The van der Waals surface area contributed by atoms with Gasteiger partial charge in [0.2, 0.25) is 0 Å². The summed E-state index contributed by atoms with van der Waals surface area (Å²) in [4.78, 5) is 11.2. The van der Waals surface area contributed by atoms with Crippen LogP contribution in [0.5, 0.6) is 11.5 Å². The molecule has 0 aliphatic rings. The Kier molecular flexibility index (Phi) is 7.17. The third-order valence-corrected chi connectivity index (χ3v) is 4.83. The summed E-state index contributed by atoms with van der Waals surface area (Å²) < 4.78 is 11.2. The highest BCUT2D eigenvalue weighted by Crippen LogP contribution is 2.29. The lowest BCUT2D eigenvalue weighted by molar-refractivity contribution is 0.0697. The molecule has 0 fully saturated rings. The van der Waals surface area contributed by atoms with E-state index < -0.39 is 5.97 Å². The number of anilines is 1. The number of benzene rings is 3. The molecule has 0 aromatic heterocycles. The van der Waals surface area contributed by atoms with Gasteiger partial charge in [0.15, 0.2) is 11.5 Å². The van der Waals surface area contributed by atoms with Crippen LogP contribution in [0.1, 0.15) is 21.5 Å². The van der Waals surface area contributed by atoms with Crippen LogP contribution < -0.4 is 14.9 Å². The summed E-state index contributed by atoms with van der Waals surface area (Å²) in [7, 11) is 1.55. The first-order valence-electron chi connectivity index (χ1n) is 8.84. The maximum Gasteiger partial charge on any atom is 0.337 e. The van der Waals surface area contributed by atoms with Crippen molar-refractivity contribution in [3.05, 3.63) is 87.4 Å². The quantitative estimate of drug-likeness (QED) is 0.342. The average Bonchev–Trinajstić information content (AvgIpc) is 2.74. The van der Waals surface area contributed by atoms with Crippen molar-refractivity contribution in [2.75, 3.05) is 12.5 Å². The van der Waals surface area contributed by atoms with Crippen molar-refractivity contribution in [3.8, 4) is 11.5 Å². The van der Waals surface area contributed by atoms with Crippen LogP contribution in [0, 0.1) is 0 Å². The molecule has 3 aromatic carbocycles. The number of hydrazone groups is 1. The van der Waals surface area contributed by atoms with E-state index in [0.717, 1.165) is 11.1 Å². The normalized spacial score (nSPS) is 10.8. The molecule has 2 N–H and O–H groups in total. The zero-order valence-electron chi connectivity index (χ0n) is 15.9. The molecule has 0 saturated carbocycles. The number of rotatable bonds is 8. The van der Waals surface area contributed by atoms with E-state index in [-0.39, 0.29) is 10.6 Å². The van der Waals surface area contributed by atoms with E-state index in [1.807, 2.05) is 30.3 Å². The van der Waals surface area contributed by atoms with Crippen molar-refractivity contribution in [2.45, 2.75) is 6.61 Å². The van der Waals surface area contributed by atoms with Gasteiger partial charge >= 0.3 is 5.97 Å². The highest BCUT2D eigenvalue weighted by molar-refractivity contribution is 6.33. The van der Waals surface area contributed by atoms with Gasteiger partial charge in [-0.3, -0.25) is 5.43 Å². The van der Waals surface area contributed by atoms with Gasteiger partial charge in [-0.1, -0.05) is 41.4 Å². The molecular weight excluding hydrogens is 427 g/mol. The Labute approximate surface area is 183 Å². The van der Waals surface area contributed by atoms with E-state index in [9.17, 15) is 4.79 Å². The molecule has 30 heavy (non-hydrogen) atoms. The topological polar surface area (TPSA) is 80.2 Å². The SMILES string of the molecule is COc1cc(C=NNc2ccc(Cl)c(C(=O)O)c2)ccc1OCc1ccccc1Cl. The number of hydrogen-bond donors (Lipinski definition) is 2. The molecule has 0 spiro atoms. The fourth-order valence-corrected chi connectivity index (χ4v) is 2.98. The molecule has 0 bridgehead atoms. The number of nitrogens with one attached hydrogen (secondary N) is 1. The van der Waals surface area contributed by atoms with Crippen LogP contribution in [0.2, 0.25) is 10.0 Å². The van der Waals surface area contributed by atoms with Gasteiger partial charge in [-0.25, -0.2) is 4.79 Å². The van der Waals surface area contributed by atoms with Gasteiger partial charge in [0.25, 0.3) is 0 Å². The first-order chi connectivity index (χ1) is 14.5. The Bertz CT molecular complexity index is 1090. The summed E-state index contributed by atoms with van der Waals surface area (Å²) in [6.45, 7) is 0.313. The second-order valence-electron chi connectivity index (χ2n) is 6.16. The fourth-order valence-electron chi connectivity index (χ4n) is 2.59. The van der Waals surface area contributed by atoms with Crippen LogP contribution >= 0.6 is 23.2 Å². The molecule has 0 saturated heterocycles. The predicted molar refractivity (Wildman–Crippen MR) is 118 cm³/mol. The lowest BCUT2D eigenvalue weighted by Gasteiger charge is -2.12. The largest absolute Gasteiger partial charge is 0.493 e. The van der Waals surface area contributed by atoms with Crippen LogP contribution in [-0.4, -0.2) is 24.4 Å². The Hall–Kier alpha value is -3.22. The molecular formula is C22H18Cl2N2O4. The highest BCUT2D eigenvalue weighted by atomic mass is 35.5. The van der Waals surface area contributed by atoms with Crippen molar-refractivity contribution in [2.24, 2.45) is 5.10 Å². The second kappa shape index (κ2) is 10.0. The Morgan fingerprint density at radius 2 is 1.87 bits per heavy atom. The monoisotopic (exact) mass is 444 g/mol. The number of methoxy groups -OCH3 is 1. The second-order valence-corrected chi connectivity index (χ2v) is 6.97. The molecule has 0 heterocycles. The van der Waals surface area contributed by atoms with E-state index in [0.29, 0.717) is 28.8 Å². The number of aromatic carboxylic acids is 1. The molecule has 8 heteroatoms. The Balaban J connectivity index is 1.68. The lowest BCUT2D eigenvalue weighted by Crippen LogP contribution is -2.00. The lowest BCUT2D eigenvalue weighted by atomic mass is 10.2. The standard InChI is InChI=1S/C22H18Cl2N2O4/c1-29-21-10-14(6-9-20(21)30-13-15-4-2-3-5-18(15)23)12-25-26-16-7-8-19(24)17(11-16)22(27)28/h2-12,26H,13H2,1H3,(H,27,28). The van der Waals surface area contributed by atoms with Crippen molar-refractivity contribution < 1.29 is 19.4 Å². The van der Waals surface area contributed by atoms with Crippen LogP contribution in [0.3, 0.4) is 0 Å². The Morgan fingerprint density at radius 3 is 2.60 bits per heavy atom. The van der Waals surface area contributed by atoms with E-state index in [4.69, 9.17) is 37.8 Å². The van der Waals surface area contributed by atoms with Crippen LogP contribution in [0.15, 0.2) is 65.8 Å². The number of ether oxygens (including phenoxy) is 2. The number of carbonyl (C=O) groups is 1. The fraction of sp³-hybridized carbons (Fsp3) is 0.0909. The minimum absolute atomic E-state index is 0.00134. The first kappa shape index (κ1) is 21.5. The molecule has 6 nitrogen and oxygen atoms in total. The zero-order valence-corrected chi connectivity index (χ0v) is 17.4. The van der Waals surface area contributed by atoms with Crippen molar-refractivity contribution in [1.82, 2.24) is 0 Å². The molecule has 3 aromatic rings. The zero-order chi connectivity index (χ0) is 21.5. The van der Waals surface area contributed by atoms with Gasteiger partial charge in [0.05, 0.1) is 29.6 Å². The van der Waals surface area contributed by atoms with Gasteiger partial charge < -0.3 is 14.6 Å². The van der Waals surface area contributed by atoms with Crippen LogP contribution in [0.25, 0.3) is 0 Å². The van der Waals surface area contributed by atoms with Crippen LogP contribution in [-0.2, 0) is 6.61 Å². The molecule has 0 radical (unpaired) electrons. The molecule has 0 aliphatic carbocycles. The maximum atomic E-state index is 11.2. The number of hydrogen-bond acceptors (Lipinski definition) is 5. The van der Waals surface area contributed by atoms with Gasteiger partial charge in [-0.05, 0) is 48.0 Å². The van der Waals surface area contributed by atoms with Crippen molar-refractivity contribution in [1.29, 1.82) is 0 Å². The molecule has 0 aliphatic heterocycles. The smallest absolute Gasteiger partial charge is 0.337 e. The van der Waals surface area contributed by atoms with Gasteiger partial charge in [0, 0.05) is 10.6 Å². The summed E-state index contributed by atoms with van der Waals surface area (Å²) in [5.41, 5.74) is 4.92. The molecule has 0 unspecified atom stereocenters. The Morgan fingerprint density at radius 1 is 1.07 bits per heavy atom. The number of carboxylic acid groups (broad SMARTS) is 1. The number of nitrogens with zero attached hydrogens (tertiary/aromatic N) is 1. The first-order valence-corrected chi connectivity index (χ1v) is 9.59. The average molecular weight is 445 g/mol. The summed E-state index contributed by atoms with van der Waals surface area (Å²) in [6, 6.07) is 17.4. The van der Waals surface area contributed by atoms with Crippen molar-refractivity contribution in [3.63, 3.8) is 0 Å². The van der Waals surface area contributed by atoms with E-state index in [2.05, 4.69) is 10.5 Å². The molecule has 154 valence electrons. The van der Waals surface area contributed by atoms with E-state index >= 15 is 0 Å². The van der Waals surface area contributed by atoms with E-state index in [1.165, 1.54) is 12.1 Å². The van der Waals surface area contributed by atoms with Gasteiger partial charge in [-0.2, -0.15) is 5.10 Å². The third-order valence-electron chi connectivity index (χ3n) is 4.13. The summed E-state index contributed by atoms with van der Waals surface area (Å²) in [6.07, 6.45) is 1.58. The molecule has 3 rings (SSSR count). The summed E-state index contributed by atoms with van der Waals surface area (Å²) in [5, 5.41) is 14.1. The summed E-state index contributed by atoms with van der Waals surface area (Å²) >= 11 is 12.0. The van der Waals surface area contributed by atoms with Gasteiger partial charge in [-0.15, -0.1) is 0 Å². The molecule has 0 atom stereocenters. The minimum atomic E-state index is -1.11. The maximum absolute atomic E-state index is 11.2. The van der Waals surface area contributed by atoms with Gasteiger partial charge in [0.1, 0.15) is 6.61 Å². The molecule has 0 amide bonds. The number of halogens is 2. The van der Waals surface area contributed by atoms with Crippen LogP contribution in [0.4, 0.5) is 5.69 Å². The predicted octanol–water partition coefficient (Wildman–Crippen LogP) is 5.73. The summed E-state index contributed by atoms with van der Waals surface area (Å²) in [5.74, 6) is 0.0155. The van der Waals surface area contributed by atoms with Crippen molar-refractivity contribution >= 4 is 41.1 Å².